The Balaban J connectivity index is 2.64. The second-order valence-corrected chi connectivity index (χ2v) is 5.60. The molecule has 2 rings (SSSR count). The highest BCUT2D eigenvalue weighted by Crippen LogP contribution is 2.43. The summed E-state index contributed by atoms with van der Waals surface area (Å²) in [6.07, 6.45) is 0.793. The quantitative estimate of drug-likeness (QED) is 0.726. The maximum Gasteiger partial charge on any atom is 0.213 e. The van der Waals surface area contributed by atoms with Gasteiger partial charge in [0.1, 0.15) is 5.75 Å². The zero-order valence-corrected chi connectivity index (χ0v) is 14.7. The fourth-order valence-corrected chi connectivity index (χ4v) is 2.49. The van der Waals surface area contributed by atoms with Crippen molar-refractivity contribution < 1.29 is 19.0 Å². The Hall–Kier alpha value is -2.69. The first-order valence-electron chi connectivity index (χ1n) is 7.72. The van der Waals surface area contributed by atoms with E-state index in [1.165, 1.54) is 4.90 Å². The third-order valence-corrected chi connectivity index (χ3v) is 3.58. The van der Waals surface area contributed by atoms with Gasteiger partial charge in [-0.3, -0.25) is 4.79 Å². The number of amides is 1. The monoisotopic (exact) mass is 329 g/mol. The highest BCUT2D eigenvalue weighted by molar-refractivity contribution is 5.89. The standard InChI is InChI=1S/C19H23NO4/c1-13(2)24-19-11-17(22-4)15(10-18(19)23-5)14-8-6-7-9-16(14)20(3)12-21/h6-13H,1-5H3. The van der Waals surface area contributed by atoms with Gasteiger partial charge in [0.15, 0.2) is 11.5 Å². The van der Waals surface area contributed by atoms with Crippen LogP contribution in [0.1, 0.15) is 13.8 Å². The third-order valence-electron chi connectivity index (χ3n) is 3.58. The number of carbonyl (C=O) groups excluding carboxylic acids is 1. The Morgan fingerprint density at radius 2 is 1.62 bits per heavy atom. The molecule has 0 unspecified atom stereocenters. The van der Waals surface area contributed by atoms with Gasteiger partial charge in [-0.2, -0.15) is 0 Å². The first kappa shape index (κ1) is 17.7. The van der Waals surface area contributed by atoms with E-state index in [0.29, 0.717) is 17.2 Å². The molecule has 0 heterocycles. The minimum absolute atomic E-state index is 0.0166. The van der Waals surface area contributed by atoms with Gasteiger partial charge >= 0.3 is 0 Å². The van der Waals surface area contributed by atoms with Crippen molar-refractivity contribution >= 4 is 12.1 Å². The summed E-state index contributed by atoms with van der Waals surface area (Å²) in [7, 11) is 4.92. The van der Waals surface area contributed by atoms with Crippen molar-refractivity contribution in [2.45, 2.75) is 20.0 Å². The smallest absolute Gasteiger partial charge is 0.213 e. The number of hydrogen-bond acceptors (Lipinski definition) is 4. The molecule has 0 bridgehead atoms. The van der Waals surface area contributed by atoms with Crippen molar-refractivity contribution in [1.82, 2.24) is 0 Å². The number of carbonyl (C=O) groups is 1. The number of hydrogen-bond donors (Lipinski definition) is 0. The Morgan fingerprint density at radius 1 is 0.958 bits per heavy atom. The largest absolute Gasteiger partial charge is 0.496 e. The molecule has 0 saturated heterocycles. The van der Waals surface area contributed by atoms with Crippen molar-refractivity contribution in [3.63, 3.8) is 0 Å². The molecule has 0 radical (unpaired) electrons. The van der Waals surface area contributed by atoms with E-state index < -0.39 is 0 Å². The molecule has 0 saturated carbocycles. The Bertz CT molecular complexity index is 713. The fourth-order valence-electron chi connectivity index (χ4n) is 2.49. The predicted molar refractivity (Wildman–Crippen MR) is 95.2 cm³/mol. The van der Waals surface area contributed by atoms with Crippen molar-refractivity contribution in [1.29, 1.82) is 0 Å². The van der Waals surface area contributed by atoms with E-state index in [1.807, 2.05) is 50.2 Å². The van der Waals surface area contributed by atoms with Gasteiger partial charge in [0.2, 0.25) is 6.41 Å². The highest BCUT2D eigenvalue weighted by Gasteiger charge is 2.18. The summed E-state index contributed by atoms with van der Waals surface area (Å²) in [6, 6.07) is 11.3. The first-order chi connectivity index (χ1) is 11.5. The average molecular weight is 329 g/mol. The van der Waals surface area contributed by atoms with Gasteiger partial charge in [-0.15, -0.1) is 0 Å². The summed E-state index contributed by atoms with van der Waals surface area (Å²) in [5, 5.41) is 0. The lowest BCUT2D eigenvalue weighted by Gasteiger charge is -2.20. The zero-order chi connectivity index (χ0) is 17.7. The van der Waals surface area contributed by atoms with E-state index >= 15 is 0 Å². The summed E-state index contributed by atoms with van der Waals surface area (Å²) in [5.74, 6) is 1.88. The fraction of sp³-hybridized carbons (Fsp3) is 0.316. The lowest BCUT2D eigenvalue weighted by molar-refractivity contribution is -0.107. The van der Waals surface area contributed by atoms with E-state index in [0.717, 1.165) is 23.2 Å². The zero-order valence-electron chi connectivity index (χ0n) is 14.7. The highest BCUT2D eigenvalue weighted by atomic mass is 16.5. The number of benzene rings is 2. The Kier molecular flexibility index (Phi) is 5.68. The van der Waals surface area contributed by atoms with Crippen LogP contribution < -0.4 is 19.1 Å². The molecule has 5 nitrogen and oxygen atoms in total. The van der Waals surface area contributed by atoms with Crippen molar-refractivity contribution in [2.75, 3.05) is 26.2 Å². The lowest BCUT2D eigenvalue weighted by atomic mass is 10.0. The number of anilines is 1. The van der Waals surface area contributed by atoms with Gasteiger partial charge in [0, 0.05) is 24.2 Å². The lowest BCUT2D eigenvalue weighted by Crippen LogP contribution is -2.14. The van der Waals surface area contributed by atoms with Gasteiger partial charge in [-0.1, -0.05) is 18.2 Å². The van der Waals surface area contributed by atoms with Crippen molar-refractivity contribution in [2.24, 2.45) is 0 Å². The molecule has 0 aliphatic carbocycles. The van der Waals surface area contributed by atoms with Crippen molar-refractivity contribution in [3.05, 3.63) is 36.4 Å². The molecule has 0 aliphatic heterocycles. The van der Waals surface area contributed by atoms with E-state index in [-0.39, 0.29) is 6.10 Å². The number of methoxy groups -OCH3 is 2. The van der Waals surface area contributed by atoms with Crippen LogP contribution in [-0.2, 0) is 4.79 Å². The van der Waals surface area contributed by atoms with Crippen LogP contribution in [0.2, 0.25) is 0 Å². The molecule has 2 aromatic rings. The van der Waals surface area contributed by atoms with Crippen LogP contribution in [-0.4, -0.2) is 33.8 Å². The molecule has 128 valence electrons. The summed E-state index contributed by atoms with van der Waals surface area (Å²) in [5.41, 5.74) is 2.48. The molecule has 0 atom stereocenters. The minimum Gasteiger partial charge on any atom is -0.496 e. The summed E-state index contributed by atoms with van der Waals surface area (Å²) < 4.78 is 16.8. The molecule has 0 spiro atoms. The normalized spacial score (nSPS) is 10.4. The third kappa shape index (κ3) is 3.62. The molecular weight excluding hydrogens is 306 g/mol. The predicted octanol–water partition coefficient (Wildman–Crippen LogP) is 3.75. The molecule has 0 aromatic heterocycles. The van der Waals surface area contributed by atoms with Gasteiger partial charge in [-0.05, 0) is 26.0 Å². The molecule has 0 fully saturated rings. The van der Waals surface area contributed by atoms with E-state index in [2.05, 4.69) is 0 Å². The Labute approximate surface area is 142 Å². The molecule has 1 amide bonds. The summed E-state index contributed by atoms with van der Waals surface area (Å²) in [6.45, 7) is 3.91. The SMILES string of the molecule is COc1cc(-c2ccccc2N(C)C=O)c(OC)cc1OC(C)C. The number of para-hydroxylation sites is 1. The topological polar surface area (TPSA) is 48.0 Å². The number of rotatable bonds is 7. The van der Waals surface area contributed by atoms with Gasteiger partial charge in [0.25, 0.3) is 0 Å². The van der Waals surface area contributed by atoms with Crippen LogP contribution >= 0.6 is 0 Å². The second-order valence-electron chi connectivity index (χ2n) is 5.60. The minimum atomic E-state index is 0.0166. The maximum absolute atomic E-state index is 11.2. The molecule has 2 aromatic carbocycles. The molecule has 24 heavy (non-hydrogen) atoms. The second kappa shape index (κ2) is 7.73. The maximum atomic E-state index is 11.2. The van der Waals surface area contributed by atoms with Crippen LogP contribution in [0.25, 0.3) is 11.1 Å². The van der Waals surface area contributed by atoms with E-state index in [1.54, 1.807) is 21.3 Å². The van der Waals surface area contributed by atoms with E-state index in [4.69, 9.17) is 14.2 Å². The van der Waals surface area contributed by atoms with E-state index in [9.17, 15) is 4.79 Å². The number of nitrogens with zero attached hydrogens (tertiary/aromatic N) is 1. The van der Waals surface area contributed by atoms with Gasteiger partial charge < -0.3 is 19.1 Å². The van der Waals surface area contributed by atoms with Crippen LogP contribution in [0, 0.1) is 0 Å². The molecule has 5 heteroatoms. The van der Waals surface area contributed by atoms with Gasteiger partial charge in [0.05, 0.1) is 26.0 Å². The average Bonchev–Trinajstić information content (AvgIpc) is 2.60. The van der Waals surface area contributed by atoms with Crippen LogP contribution in [0.5, 0.6) is 17.2 Å². The van der Waals surface area contributed by atoms with Gasteiger partial charge in [-0.25, -0.2) is 0 Å². The Morgan fingerprint density at radius 3 is 2.21 bits per heavy atom. The first-order valence-corrected chi connectivity index (χ1v) is 7.72. The number of ether oxygens (including phenoxy) is 3. The van der Waals surface area contributed by atoms with Crippen LogP contribution in [0.4, 0.5) is 5.69 Å². The summed E-state index contributed by atoms with van der Waals surface area (Å²) in [4.78, 5) is 12.7. The molecule has 0 aliphatic rings. The van der Waals surface area contributed by atoms with Crippen molar-refractivity contribution in [3.8, 4) is 28.4 Å². The van der Waals surface area contributed by atoms with Crippen LogP contribution in [0.15, 0.2) is 36.4 Å². The van der Waals surface area contributed by atoms with Crippen LogP contribution in [0.3, 0.4) is 0 Å². The molecular formula is C19H23NO4. The molecule has 0 N–H and O–H groups in total. The summed E-state index contributed by atoms with van der Waals surface area (Å²) >= 11 is 0.